The number of aromatic nitrogens is 2. The Balaban J connectivity index is 0.000000239. The number of aliphatic hydroxyl groups excluding tert-OH is 1. The Labute approximate surface area is 354 Å². The smallest absolute Gasteiger partial charge is 0.389 e. The van der Waals surface area contributed by atoms with Crippen LogP contribution in [0.25, 0.3) is 44.1 Å². The summed E-state index contributed by atoms with van der Waals surface area (Å²) >= 11 is 0. The zero-order valence-corrected chi connectivity index (χ0v) is 36.5. The Morgan fingerprint density at radius 1 is 0.702 bits per heavy atom. The minimum Gasteiger partial charge on any atom is -0.512 e. The van der Waals surface area contributed by atoms with Crippen LogP contribution in [0.4, 0.5) is 13.2 Å². The summed E-state index contributed by atoms with van der Waals surface area (Å²) in [5.74, 6) is -2.00. The van der Waals surface area contributed by atoms with Crippen molar-refractivity contribution in [1.29, 1.82) is 0 Å². The summed E-state index contributed by atoms with van der Waals surface area (Å²) in [5, 5.41) is 13.4. The van der Waals surface area contributed by atoms with E-state index in [1.165, 1.54) is 11.1 Å². The van der Waals surface area contributed by atoms with Gasteiger partial charge in [0.1, 0.15) is 0 Å². The molecular formula is C49H53F3IrN2O2-2. The maximum Gasteiger partial charge on any atom is 0.389 e. The van der Waals surface area contributed by atoms with Crippen molar-refractivity contribution in [1.82, 2.24) is 9.97 Å². The second kappa shape index (κ2) is 21.2. The Bertz CT molecular complexity index is 2440. The maximum atomic E-state index is 12.3. The molecule has 0 spiro atoms. The first kappa shape index (κ1) is 42.0. The number of ketones is 1. The Morgan fingerprint density at radius 3 is 1.65 bits per heavy atom. The summed E-state index contributed by atoms with van der Waals surface area (Å²) in [6, 6.07) is 29.1. The van der Waals surface area contributed by atoms with E-state index >= 15 is 0 Å². The second-order valence-corrected chi connectivity index (χ2v) is 14.5. The molecule has 0 bridgehead atoms. The summed E-state index contributed by atoms with van der Waals surface area (Å²) in [7, 11) is 0. The molecule has 2 aromatic heterocycles. The van der Waals surface area contributed by atoms with Gasteiger partial charge in [0, 0.05) is 50.4 Å². The van der Waals surface area contributed by atoms with E-state index in [4.69, 9.17) is 4.11 Å². The number of rotatable bonds is 9. The van der Waals surface area contributed by atoms with Crippen molar-refractivity contribution in [2.45, 2.75) is 94.2 Å². The van der Waals surface area contributed by atoms with E-state index in [0.29, 0.717) is 19.0 Å². The summed E-state index contributed by atoms with van der Waals surface area (Å²) < 4.78 is 60.7. The molecule has 4 nitrogen and oxygen atoms in total. The van der Waals surface area contributed by atoms with E-state index in [0.717, 1.165) is 72.4 Å². The molecule has 1 atom stereocenters. The Kier molecular flexibility index (Phi) is 15.6. The first-order valence-corrected chi connectivity index (χ1v) is 19.0. The van der Waals surface area contributed by atoms with E-state index in [1.54, 1.807) is 6.92 Å². The van der Waals surface area contributed by atoms with Gasteiger partial charge in [0.15, 0.2) is 5.78 Å². The number of aliphatic hydroxyl groups is 1. The summed E-state index contributed by atoms with van der Waals surface area (Å²) in [4.78, 5) is 20.4. The molecule has 6 rings (SSSR count). The molecule has 1 N–H and O–H groups in total. The van der Waals surface area contributed by atoms with Crippen LogP contribution in [-0.2, 0) is 24.9 Å². The minimum absolute atomic E-state index is 0. The molecule has 0 saturated heterocycles. The van der Waals surface area contributed by atoms with Gasteiger partial charge in [-0.15, -0.1) is 69.8 Å². The van der Waals surface area contributed by atoms with E-state index in [9.17, 15) is 23.1 Å². The zero-order chi connectivity index (χ0) is 43.8. The zero-order valence-electron chi connectivity index (χ0n) is 37.1. The van der Waals surface area contributed by atoms with Crippen LogP contribution in [0.3, 0.4) is 0 Å². The average molecular weight is 954 g/mol. The molecule has 4 aromatic carbocycles. The Hall–Kier alpha value is -4.65. The number of nitrogens with zero attached hydrogens (tertiary/aromatic N) is 2. The predicted molar refractivity (Wildman–Crippen MR) is 225 cm³/mol. The van der Waals surface area contributed by atoms with Crippen molar-refractivity contribution in [3.63, 3.8) is 0 Å². The molecule has 8 heteroatoms. The standard InChI is InChI=1S/2C18H16N.C13H21F3O2.Ir/c2*1-12-4-5-17-15(9-12)6-7-19-18(17)16-10-13(2)8-14(3)11-16;1-4-9(5-2)11(17)7-12(18)10(6-3)8-13(14,15)16;/h2*4-10H,1-3H3;7,9-10,18H,4-6,8H2,1-3H3;/q2*-1;;/b;;12-7-;/i6D,7D;7D;;. The van der Waals surface area contributed by atoms with Crippen LogP contribution in [0.1, 0.15) is 83.9 Å². The van der Waals surface area contributed by atoms with Crippen molar-refractivity contribution in [3.8, 4) is 22.5 Å². The van der Waals surface area contributed by atoms with E-state index in [-0.39, 0.29) is 50.4 Å². The molecule has 0 fully saturated rings. The van der Waals surface area contributed by atoms with E-state index in [2.05, 4.69) is 72.3 Å². The summed E-state index contributed by atoms with van der Waals surface area (Å²) in [6.07, 6.45) is -2.76. The first-order chi connectivity index (χ1) is 27.7. The van der Waals surface area contributed by atoms with Gasteiger partial charge < -0.3 is 15.1 Å². The Morgan fingerprint density at radius 2 is 1.18 bits per heavy atom. The van der Waals surface area contributed by atoms with Crippen LogP contribution in [-0.4, -0.2) is 27.0 Å². The number of carbonyl (C=O) groups excluding carboxylic acids is 1. The average Bonchev–Trinajstić information content (AvgIpc) is 3.14. The van der Waals surface area contributed by atoms with Gasteiger partial charge >= 0.3 is 6.18 Å². The van der Waals surface area contributed by atoms with Crippen molar-refractivity contribution in [3.05, 3.63) is 142 Å². The van der Waals surface area contributed by atoms with Gasteiger partial charge in [-0.05, 0) is 78.2 Å². The van der Waals surface area contributed by atoms with Crippen LogP contribution in [0.2, 0.25) is 0 Å². The van der Waals surface area contributed by atoms with Gasteiger partial charge in [-0.3, -0.25) is 4.79 Å². The fourth-order valence-electron chi connectivity index (χ4n) is 6.68. The van der Waals surface area contributed by atoms with Crippen LogP contribution in [0.5, 0.6) is 0 Å². The van der Waals surface area contributed by atoms with Crippen LogP contribution >= 0.6 is 0 Å². The van der Waals surface area contributed by atoms with Gasteiger partial charge in [0.05, 0.1) is 16.3 Å². The van der Waals surface area contributed by atoms with Crippen LogP contribution in [0.15, 0.2) is 97.0 Å². The van der Waals surface area contributed by atoms with Crippen LogP contribution < -0.4 is 0 Å². The molecule has 57 heavy (non-hydrogen) atoms. The molecule has 2 heterocycles. The minimum atomic E-state index is -4.33. The monoisotopic (exact) mass is 954 g/mol. The molecular weight excluding hydrogens is 898 g/mol. The number of fused-ring (bicyclic) bond motifs is 2. The van der Waals surface area contributed by atoms with Gasteiger partial charge in [-0.2, -0.15) is 13.2 Å². The molecule has 0 aliphatic heterocycles. The second-order valence-electron chi connectivity index (χ2n) is 14.5. The number of hydrogen-bond acceptors (Lipinski definition) is 4. The molecule has 1 unspecified atom stereocenters. The fourth-order valence-corrected chi connectivity index (χ4v) is 6.68. The normalized spacial score (nSPS) is 12.7. The quantitative estimate of drug-likeness (QED) is 0.0891. The van der Waals surface area contributed by atoms with Crippen LogP contribution in [0, 0.1) is 65.5 Å². The van der Waals surface area contributed by atoms with E-state index in [1.807, 2.05) is 71.9 Å². The third kappa shape index (κ3) is 13.5. The first-order valence-electron chi connectivity index (χ1n) is 20.5. The summed E-state index contributed by atoms with van der Waals surface area (Å²) in [5.41, 5.74) is 10.2. The number of benzene rings is 4. The maximum absolute atomic E-state index is 12.3. The number of hydrogen-bond donors (Lipinski definition) is 1. The topological polar surface area (TPSA) is 63.1 Å². The van der Waals surface area contributed by atoms with Gasteiger partial charge in [0.25, 0.3) is 0 Å². The molecule has 0 amide bonds. The van der Waals surface area contributed by atoms with Gasteiger partial charge in [-0.25, -0.2) is 0 Å². The molecule has 0 aliphatic carbocycles. The number of halogens is 3. The van der Waals surface area contributed by atoms with Crippen molar-refractivity contribution in [2.24, 2.45) is 11.8 Å². The molecule has 0 saturated carbocycles. The van der Waals surface area contributed by atoms with Gasteiger partial charge in [0.2, 0.25) is 0 Å². The van der Waals surface area contributed by atoms with Crippen molar-refractivity contribution < 1.29 is 47.3 Å². The SMILES string of the molecule is CCC(CC)C(=O)/C=C(\O)C(CC)CC(F)(F)F.[2H]c1cc2cc(C)ccc2c(-c2[c-]c(C)cc(C)c2)n1.[2H]c1nc(-c2[c-]c(C)cc(C)c2)c2ccc(C)cc2c1[2H].[Ir]. The van der Waals surface area contributed by atoms with Gasteiger partial charge in [-0.1, -0.05) is 96.0 Å². The number of carbonyl (C=O) groups is 1. The number of aryl methyl sites for hydroxylation is 6. The summed E-state index contributed by atoms with van der Waals surface area (Å²) in [6.45, 7) is 17.4. The third-order valence-electron chi connectivity index (χ3n) is 9.52. The van der Waals surface area contributed by atoms with Crippen molar-refractivity contribution >= 4 is 27.3 Å². The fraction of sp³-hybridized carbons (Fsp3) is 0.327. The number of pyridine rings is 2. The van der Waals surface area contributed by atoms with E-state index < -0.39 is 24.3 Å². The number of allylic oxidation sites excluding steroid dienone is 2. The largest absolute Gasteiger partial charge is 0.512 e. The molecule has 0 aliphatic rings. The molecule has 6 aromatic rings. The molecule has 303 valence electrons. The predicted octanol–water partition coefficient (Wildman–Crippen LogP) is 13.7. The molecule has 1 radical (unpaired) electrons. The van der Waals surface area contributed by atoms with Crippen molar-refractivity contribution in [2.75, 3.05) is 0 Å². The number of alkyl halides is 3. The third-order valence-corrected chi connectivity index (χ3v) is 9.52.